The fourth-order valence-electron chi connectivity index (χ4n) is 2.55. The van der Waals surface area contributed by atoms with Crippen LogP contribution in [0.3, 0.4) is 0 Å². The van der Waals surface area contributed by atoms with Crippen molar-refractivity contribution in [2.45, 2.75) is 25.9 Å². The molecule has 6 heteroatoms. The van der Waals surface area contributed by atoms with Gasteiger partial charge in [0.2, 0.25) is 0 Å². The van der Waals surface area contributed by atoms with Crippen molar-refractivity contribution in [3.8, 4) is 0 Å². The molecule has 0 unspecified atom stereocenters. The molecule has 1 aromatic carbocycles. The van der Waals surface area contributed by atoms with Crippen LogP contribution in [0.5, 0.6) is 0 Å². The van der Waals surface area contributed by atoms with Gasteiger partial charge in [0, 0.05) is 4.88 Å². The Morgan fingerprint density at radius 3 is 2.59 bits per heavy atom. The second kappa shape index (κ2) is 5.41. The molecule has 114 valence electrons. The summed E-state index contributed by atoms with van der Waals surface area (Å²) in [5, 5.41) is 2.79. The van der Waals surface area contributed by atoms with E-state index < -0.39 is 5.54 Å². The number of carbonyl (C=O) groups excluding carboxylic acids is 2. The number of carbonyl (C=O) groups is 2. The summed E-state index contributed by atoms with van der Waals surface area (Å²) < 4.78 is 0.593. The first kappa shape index (κ1) is 15.1. The lowest BCUT2D eigenvalue weighted by Crippen LogP contribution is -2.40. The molecule has 4 nitrogen and oxygen atoms in total. The van der Waals surface area contributed by atoms with Gasteiger partial charge in [0.25, 0.3) is 5.91 Å². The van der Waals surface area contributed by atoms with Gasteiger partial charge < -0.3 is 5.32 Å². The van der Waals surface area contributed by atoms with Gasteiger partial charge in [-0.2, -0.15) is 0 Å². The number of aryl methyl sites for hydroxylation is 1. The molecule has 1 aromatic heterocycles. The Balaban J connectivity index is 1.90. The average molecular weight is 335 g/mol. The highest BCUT2D eigenvalue weighted by Gasteiger charge is 2.49. The highest BCUT2D eigenvalue weighted by Crippen LogP contribution is 2.35. The standard InChI is InChI=1S/C16H15ClN2O2S/c1-10-5-3-4-6-11(10)9-19-14(20)16(2,18-15(19)21)12-7-8-13(17)22-12/h3-8H,9H2,1-2H3,(H,18,21)/t16-/m1/s1. The van der Waals surface area contributed by atoms with Gasteiger partial charge in [0.15, 0.2) is 5.54 Å². The number of hydrogen-bond acceptors (Lipinski definition) is 3. The lowest BCUT2D eigenvalue weighted by Gasteiger charge is -2.20. The van der Waals surface area contributed by atoms with Crippen LogP contribution in [-0.2, 0) is 16.9 Å². The Bertz CT molecular complexity index is 758. The minimum Gasteiger partial charge on any atom is -0.319 e. The predicted molar refractivity (Wildman–Crippen MR) is 86.9 cm³/mol. The zero-order valence-electron chi connectivity index (χ0n) is 12.2. The normalized spacial score (nSPS) is 21.3. The van der Waals surface area contributed by atoms with E-state index in [1.54, 1.807) is 19.1 Å². The van der Waals surface area contributed by atoms with Crippen molar-refractivity contribution < 1.29 is 9.59 Å². The van der Waals surface area contributed by atoms with Crippen LogP contribution in [0.25, 0.3) is 0 Å². The number of urea groups is 1. The molecular formula is C16H15ClN2O2S. The molecule has 0 radical (unpaired) electrons. The van der Waals surface area contributed by atoms with E-state index in [4.69, 9.17) is 11.6 Å². The smallest absolute Gasteiger partial charge is 0.319 e. The molecule has 2 heterocycles. The molecule has 1 fully saturated rings. The largest absolute Gasteiger partial charge is 0.325 e. The van der Waals surface area contributed by atoms with Crippen molar-refractivity contribution in [3.63, 3.8) is 0 Å². The first-order valence-electron chi connectivity index (χ1n) is 6.86. The molecule has 0 aliphatic carbocycles. The minimum atomic E-state index is -1.04. The van der Waals surface area contributed by atoms with Gasteiger partial charge >= 0.3 is 6.03 Å². The maximum Gasteiger partial charge on any atom is 0.325 e. The quantitative estimate of drug-likeness (QED) is 0.870. The zero-order valence-corrected chi connectivity index (χ0v) is 13.8. The van der Waals surface area contributed by atoms with Gasteiger partial charge in [-0.15, -0.1) is 11.3 Å². The number of amides is 3. The number of hydrogen-bond donors (Lipinski definition) is 1. The maximum atomic E-state index is 12.8. The highest BCUT2D eigenvalue weighted by atomic mass is 35.5. The van der Waals surface area contributed by atoms with Crippen LogP contribution in [0, 0.1) is 6.92 Å². The minimum absolute atomic E-state index is 0.251. The molecule has 2 aromatic rings. The molecule has 0 spiro atoms. The second-order valence-corrected chi connectivity index (χ2v) is 7.19. The van der Waals surface area contributed by atoms with Crippen molar-refractivity contribution in [2.24, 2.45) is 0 Å². The van der Waals surface area contributed by atoms with Crippen LogP contribution in [0.15, 0.2) is 36.4 Å². The number of benzene rings is 1. The van der Waals surface area contributed by atoms with E-state index in [0.29, 0.717) is 4.34 Å². The lowest BCUT2D eigenvalue weighted by molar-refractivity contribution is -0.131. The van der Waals surface area contributed by atoms with Crippen molar-refractivity contribution >= 4 is 34.9 Å². The van der Waals surface area contributed by atoms with Crippen LogP contribution in [0.4, 0.5) is 4.79 Å². The molecular weight excluding hydrogens is 320 g/mol. The maximum absolute atomic E-state index is 12.8. The topological polar surface area (TPSA) is 49.4 Å². The fourth-order valence-corrected chi connectivity index (χ4v) is 3.69. The van der Waals surface area contributed by atoms with Crippen molar-refractivity contribution in [2.75, 3.05) is 0 Å². The van der Waals surface area contributed by atoms with Gasteiger partial charge in [-0.05, 0) is 37.1 Å². The third-order valence-corrected chi connectivity index (χ3v) is 5.38. The lowest BCUT2D eigenvalue weighted by atomic mass is 10.0. The van der Waals surface area contributed by atoms with Gasteiger partial charge in [-0.1, -0.05) is 35.9 Å². The van der Waals surface area contributed by atoms with E-state index in [0.717, 1.165) is 16.0 Å². The van der Waals surface area contributed by atoms with E-state index in [1.807, 2.05) is 31.2 Å². The summed E-state index contributed by atoms with van der Waals surface area (Å²) in [6, 6.07) is 10.9. The second-order valence-electron chi connectivity index (χ2n) is 5.48. The summed E-state index contributed by atoms with van der Waals surface area (Å²) in [6.07, 6.45) is 0. The van der Waals surface area contributed by atoms with E-state index in [-0.39, 0.29) is 18.5 Å². The Hall–Kier alpha value is -1.85. The summed E-state index contributed by atoms with van der Waals surface area (Å²) in [5.74, 6) is -0.251. The molecule has 1 N–H and O–H groups in total. The number of halogens is 1. The Kier molecular flexibility index (Phi) is 3.70. The molecule has 1 saturated heterocycles. The number of imide groups is 1. The molecule has 0 saturated carbocycles. The van der Waals surface area contributed by atoms with Crippen molar-refractivity contribution in [1.29, 1.82) is 0 Å². The monoisotopic (exact) mass is 334 g/mol. The number of nitrogens with one attached hydrogen (secondary N) is 1. The third kappa shape index (κ3) is 2.40. The SMILES string of the molecule is Cc1ccccc1CN1C(=O)N[C@](C)(c2ccc(Cl)s2)C1=O. The summed E-state index contributed by atoms with van der Waals surface area (Å²) in [6.45, 7) is 3.95. The molecule has 22 heavy (non-hydrogen) atoms. The van der Waals surface area contributed by atoms with Crippen LogP contribution >= 0.6 is 22.9 Å². The fraction of sp³-hybridized carbons (Fsp3) is 0.250. The van der Waals surface area contributed by atoms with E-state index in [1.165, 1.54) is 16.2 Å². The number of rotatable bonds is 3. The van der Waals surface area contributed by atoms with Crippen LogP contribution in [0.1, 0.15) is 22.9 Å². The highest BCUT2D eigenvalue weighted by molar-refractivity contribution is 7.16. The molecule has 0 bridgehead atoms. The summed E-state index contributed by atoms with van der Waals surface area (Å²) >= 11 is 7.26. The average Bonchev–Trinajstić information content (AvgIpc) is 3.00. The van der Waals surface area contributed by atoms with E-state index in [2.05, 4.69) is 5.32 Å². The first-order valence-corrected chi connectivity index (χ1v) is 8.05. The Labute approximate surface area is 137 Å². The number of thiophene rings is 1. The van der Waals surface area contributed by atoms with Crippen LogP contribution in [-0.4, -0.2) is 16.8 Å². The van der Waals surface area contributed by atoms with Gasteiger partial charge in [0.1, 0.15) is 0 Å². The van der Waals surface area contributed by atoms with E-state index >= 15 is 0 Å². The molecule has 3 rings (SSSR count). The molecule has 1 aliphatic rings. The molecule has 3 amide bonds. The Morgan fingerprint density at radius 1 is 1.23 bits per heavy atom. The zero-order chi connectivity index (χ0) is 15.9. The van der Waals surface area contributed by atoms with Crippen molar-refractivity contribution in [1.82, 2.24) is 10.2 Å². The summed E-state index contributed by atoms with van der Waals surface area (Å²) in [4.78, 5) is 27.0. The van der Waals surface area contributed by atoms with Gasteiger partial charge in [0.05, 0.1) is 10.9 Å². The van der Waals surface area contributed by atoms with Crippen molar-refractivity contribution in [3.05, 3.63) is 56.7 Å². The summed E-state index contributed by atoms with van der Waals surface area (Å²) in [5.41, 5.74) is 0.965. The predicted octanol–water partition coefficient (Wildman–Crippen LogP) is 3.68. The summed E-state index contributed by atoms with van der Waals surface area (Å²) in [7, 11) is 0. The van der Waals surface area contributed by atoms with Gasteiger partial charge in [-0.25, -0.2) is 4.79 Å². The molecule has 1 atom stereocenters. The van der Waals surface area contributed by atoms with Gasteiger partial charge in [-0.3, -0.25) is 9.69 Å². The first-order chi connectivity index (χ1) is 10.4. The Morgan fingerprint density at radius 2 is 1.95 bits per heavy atom. The van der Waals surface area contributed by atoms with Crippen LogP contribution in [0.2, 0.25) is 4.34 Å². The van der Waals surface area contributed by atoms with E-state index in [9.17, 15) is 9.59 Å². The number of nitrogens with zero attached hydrogens (tertiary/aromatic N) is 1. The molecule has 1 aliphatic heterocycles. The third-order valence-electron chi connectivity index (χ3n) is 3.93. The van der Waals surface area contributed by atoms with Crippen LogP contribution < -0.4 is 5.32 Å².